The minimum Gasteiger partial charge on any atom is -0.507 e. The van der Waals surface area contributed by atoms with E-state index in [-0.39, 0.29) is 34.8 Å². The SMILES string of the molecule is C=C(C)C(=O)Cc1ccc(O)c(C(=O)O)c1.Nc1ccc(O)c(C(=O)O)c1. The Bertz CT molecular complexity index is 903. The van der Waals surface area contributed by atoms with Gasteiger partial charge in [0.2, 0.25) is 0 Å². The average Bonchev–Trinajstić information content (AvgIpc) is 2.58. The Balaban J connectivity index is 0.000000289. The molecule has 2 rings (SSSR count). The molecule has 0 amide bonds. The standard InChI is InChI=1S/C12H12O4.C7H7NO3/c1-7(2)11(14)6-8-3-4-10(13)9(5-8)12(15)16;8-4-1-2-6(9)5(3-4)7(10)11/h3-5,13H,1,6H2,2H3,(H,15,16);1-3,9H,8H2,(H,10,11). The molecule has 0 aliphatic heterocycles. The van der Waals surface area contributed by atoms with Gasteiger partial charge in [0.15, 0.2) is 5.78 Å². The molecule has 6 N–H and O–H groups in total. The highest BCUT2D eigenvalue weighted by Gasteiger charge is 2.12. The van der Waals surface area contributed by atoms with Crippen LogP contribution in [0, 0.1) is 0 Å². The molecule has 0 spiro atoms. The zero-order chi connectivity index (χ0) is 20.7. The summed E-state index contributed by atoms with van der Waals surface area (Å²) in [5.74, 6) is -3.13. The number of nitrogens with two attached hydrogens (primary N) is 1. The topological polar surface area (TPSA) is 158 Å². The van der Waals surface area contributed by atoms with Crippen molar-refractivity contribution in [1.82, 2.24) is 0 Å². The lowest BCUT2D eigenvalue weighted by Gasteiger charge is -2.04. The molecule has 0 atom stereocenters. The number of rotatable bonds is 5. The molecule has 2 aromatic carbocycles. The molecule has 0 aliphatic rings. The average molecular weight is 373 g/mol. The number of aromatic hydroxyl groups is 2. The van der Waals surface area contributed by atoms with Crippen molar-refractivity contribution in [3.63, 3.8) is 0 Å². The van der Waals surface area contributed by atoms with Gasteiger partial charge in [-0.15, -0.1) is 0 Å². The van der Waals surface area contributed by atoms with E-state index in [9.17, 15) is 19.5 Å². The van der Waals surface area contributed by atoms with Gasteiger partial charge in [-0.25, -0.2) is 9.59 Å². The second-order valence-corrected chi connectivity index (χ2v) is 5.62. The number of aromatic carboxylic acids is 2. The van der Waals surface area contributed by atoms with E-state index in [0.717, 1.165) is 0 Å². The highest BCUT2D eigenvalue weighted by Crippen LogP contribution is 2.20. The van der Waals surface area contributed by atoms with Crippen LogP contribution in [0.25, 0.3) is 0 Å². The number of nitrogen functional groups attached to an aromatic ring is 1. The normalized spacial score (nSPS) is 9.67. The van der Waals surface area contributed by atoms with E-state index in [1.54, 1.807) is 6.92 Å². The van der Waals surface area contributed by atoms with Crippen LogP contribution in [0.4, 0.5) is 5.69 Å². The van der Waals surface area contributed by atoms with Crippen LogP contribution in [-0.2, 0) is 11.2 Å². The van der Waals surface area contributed by atoms with Crippen LogP contribution in [0.1, 0.15) is 33.2 Å². The number of phenols is 2. The van der Waals surface area contributed by atoms with Crippen molar-refractivity contribution in [3.05, 3.63) is 65.2 Å². The number of carboxylic acid groups (broad SMARTS) is 2. The van der Waals surface area contributed by atoms with E-state index in [1.807, 2.05) is 0 Å². The zero-order valence-electron chi connectivity index (χ0n) is 14.5. The number of carbonyl (C=O) groups is 3. The van der Waals surface area contributed by atoms with Crippen LogP contribution in [0.2, 0.25) is 0 Å². The van der Waals surface area contributed by atoms with Crippen LogP contribution < -0.4 is 5.73 Å². The first-order valence-electron chi connectivity index (χ1n) is 7.58. The Morgan fingerprint density at radius 3 is 1.85 bits per heavy atom. The number of Topliss-reactive ketones (excluding diaryl/α,β-unsaturated/α-hetero) is 1. The van der Waals surface area contributed by atoms with Gasteiger partial charge in [-0.1, -0.05) is 12.6 Å². The van der Waals surface area contributed by atoms with Crippen molar-refractivity contribution < 1.29 is 34.8 Å². The maximum Gasteiger partial charge on any atom is 0.339 e. The van der Waals surface area contributed by atoms with Crippen molar-refractivity contribution in [3.8, 4) is 11.5 Å². The highest BCUT2D eigenvalue weighted by molar-refractivity contribution is 5.96. The highest BCUT2D eigenvalue weighted by atomic mass is 16.4. The van der Waals surface area contributed by atoms with Gasteiger partial charge in [-0.3, -0.25) is 4.79 Å². The summed E-state index contributed by atoms with van der Waals surface area (Å²) in [6, 6.07) is 7.96. The molecule has 0 aliphatic carbocycles. The van der Waals surface area contributed by atoms with E-state index in [0.29, 0.717) is 16.8 Å². The maximum absolute atomic E-state index is 11.4. The minimum absolute atomic E-state index is 0.0931. The number of allylic oxidation sites excluding steroid dienone is 1. The third-order valence-electron chi connectivity index (χ3n) is 3.38. The van der Waals surface area contributed by atoms with Crippen molar-refractivity contribution in [2.45, 2.75) is 13.3 Å². The molecule has 2 aromatic rings. The first-order valence-corrected chi connectivity index (χ1v) is 7.58. The second kappa shape index (κ2) is 9.04. The summed E-state index contributed by atoms with van der Waals surface area (Å²) in [7, 11) is 0. The van der Waals surface area contributed by atoms with Crippen LogP contribution in [0.5, 0.6) is 11.5 Å². The number of carboxylic acids is 2. The summed E-state index contributed by atoms with van der Waals surface area (Å²) in [5, 5.41) is 35.5. The molecule has 0 fully saturated rings. The molecule has 0 heterocycles. The summed E-state index contributed by atoms with van der Waals surface area (Å²) < 4.78 is 0. The first kappa shape index (κ1) is 21.2. The van der Waals surface area contributed by atoms with Gasteiger partial charge in [-0.2, -0.15) is 0 Å². The molecular weight excluding hydrogens is 354 g/mol. The quantitative estimate of drug-likeness (QED) is 0.304. The first-order chi connectivity index (χ1) is 12.5. The summed E-state index contributed by atoms with van der Waals surface area (Å²) in [4.78, 5) is 32.5. The number of benzene rings is 2. The van der Waals surface area contributed by atoms with Gasteiger partial charge >= 0.3 is 11.9 Å². The Hall–Kier alpha value is -3.81. The maximum atomic E-state index is 11.4. The number of ketones is 1. The van der Waals surface area contributed by atoms with Crippen LogP contribution in [0.15, 0.2) is 48.6 Å². The fraction of sp³-hybridized carbons (Fsp3) is 0.105. The van der Waals surface area contributed by atoms with Gasteiger partial charge < -0.3 is 26.2 Å². The number of carbonyl (C=O) groups excluding carboxylic acids is 1. The van der Waals surface area contributed by atoms with E-state index < -0.39 is 11.9 Å². The van der Waals surface area contributed by atoms with Crippen LogP contribution >= 0.6 is 0 Å². The van der Waals surface area contributed by atoms with Crippen molar-refractivity contribution >= 4 is 23.4 Å². The number of hydrogen-bond donors (Lipinski definition) is 5. The molecule has 0 saturated heterocycles. The van der Waals surface area contributed by atoms with E-state index in [1.165, 1.54) is 36.4 Å². The third-order valence-corrected chi connectivity index (χ3v) is 3.38. The largest absolute Gasteiger partial charge is 0.507 e. The lowest BCUT2D eigenvalue weighted by Crippen LogP contribution is -2.05. The zero-order valence-corrected chi connectivity index (χ0v) is 14.5. The summed E-state index contributed by atoms with van der Waals surface area (Å²) in [5.41, 5.74) is 6.20. The monoisotopic (exact) mass is 373 g/mol. The fourth-order valence-corrected chi connectivity index (χ4v) is 1.93. The van der Waals surface area contributed by atoms with Crippen molar-refractivity contribution in [2.24, 2.45) is 0 Å². The van der Waals surface area contributed by atoms with Gasteiger partial charge in [0.1, 0.15) is 22.6 Å². The number of anilines is 1. The van der Waals surface area contributed by atoms with Crippen molar-refractivity contribution in [2.75, 3.05) is 5.73 Å². The van der Waals surface area contributed by atoms with Crippen molar-refractivity contribution in [1.29, 1.82) is 0 Å². The van der Waals surface area contributed by atoms with Gasteiger partial charge in [-0.05, 0) is 48.4 Å². The molecule has 0 saturated carbocycles. The Morgan fingerprint density at radius 2 is 1.41 bits per heavy atom. The Morgan fingerprint density at radius 1 is 0.926 bits per heavy atom. The van der Waals surface area contributed by atoms with Gasteiger partial charge in [0.25, 0.3) is 0 Å². The summed E-state index contributed by atoms with van der Waals surface area (Å²) in [6.07, 6.45) is 0.0931. The van der Waals surface area contributed by atoms with E-state index >= 15 is 0 Å². The summed E-state index contributed by atoms with van der Waals surface area (Å²) >= 11 is 0. The molecule has 0 radical (unpaired) electrons. The van der Waals surface area contributed by atoms with Crippen LogP contribution in [-0.4, -0.2) is 38.1 Å². The molecule has 8 heteroatoms. The molecule has 0 bridgehead atoms. The van der Waals surface area contributed by atoms with Crippen LogP contribution in [0.3, 0.4) is 0 Å². The molecule has 142 valence electrons. The molecule has 0 aromatic heterocycles. The predicted molar refractivity (Wildman–Crippen MR) is 98.1 cm³/mol. The lowest BCUT2D eigenvalue weighted by molar-refractivity contribution is -0.114. The smallest absolute Gasteiger partial charge is 0.339 e. The Labute approximate surface area is 154 Å². The molecule has 0 unspecified atom stereocenters. The predicted octanol–water partition coefficient (Wildman–Crippen LogP) is 2.45. The molecular formula is C19H19NO7. The minimum atomic E-state index is -1.22. The lowest BCUT2D eigenvalue weighted by atomic mass is 10.0. The van der Waals surface area contributed by atoms with E-state index in [2.05, 4.69) is 6.58 Å². The van der Waals surface area contributed by atoms with Gasteiger partial charge in [0, 0.05) is 12.1 Å². The molecule has 8 nitrogen and oxygen atoms in total. The van der Waals surface area contributed by atoms with Gasteiger partial charge in [0.05, 0.1) is 0 Å². The number of hydrogen-bond acceptors (Lipinski definition) is 6. The summed E-state index contributed by atoms with van der Waals surface area (Å²) in [6.45, 7) is 5.11. The Kier molecular flexibility index (Phi) is 7.11. The fourth-order valence-electron chi connectivity index (χ4n) is 1.93. The van der Waals surface area contributed by atoms with E-state index in [4.69, 9.17) is 21.1 Å². The molecule has 27 heavy (non-hydrogen) atoms. The second-order valence-electron chi connectivity index (χ2n) is 5.62. The third kappa shape index (κ3) is 6.20.